The number of nitrogens with one attached hydrogen (secondary N) is 8. The lowest BCUT2D eigenvalue weighted by atomic mass is 10.00. The molecule has 67 heavy (non-hydrogen) atoms. The van der Waals surface area contributed by atoms with Gasteiger partial charge < -0.3 is 73.3 Å². The summed E-state index contributed by atoms with van der Waals surface area (Å²) in [5.41, 5.74) is 6.91. The molecule has 0 aliphatic carbocycles. The molecule has 0 saturated carbocycles. The quantitative estimate of drug-likeness (QED) is 0.0401. The predicted molar refractivity (Wildman–Crippen MR) is 238 cm³/mol. The van der Waals surface area contributed by atoms with Gasteiger partial charge >= 0.3 is 17.9 Å². The Morgan fingerprint density at radius 1 is 0.761 bits per heavy atom. The number of thiol groups is 1. The number of aliphatic hydroxyl groups is 1. The fraction of sp³-hybridized carbons (Fsp3) is 0.537. The topological polar surface area (TPSA) is 398 Å². The van der Waals surface area contributed by atoms with Gasteiger partial charge in [-0.2, -0.15) is 12.6 Å². The number of benzene rings is 1. The van der Waals surface area contributed by atoms with Crippen molar-refractivity contribution < 1.29 is 73.2 Å². The maximum absolute atomic E-state index is 14.1. The molecule has 1 aromatic carbocycles. The van der Waals surface area contributed by atoms with Crippen molar-refractivity contribution >= 4 is 88.7 Å². The summed E-state index contributed by atoms with van der Waals surface area (Å²) in [4.78, 5) is 145. The molecule has 26 heteroatoms. The van der Waals surface area contributed by atoms with Gasteiger partial charge in [0.1, 0.15) is 48.8 Å². The Labute approximate surface area is 388 Å². The van der Waals surface area contributed by atoms with Gasteiger partial charge in [0.05, 0.1) is 19.1 Å². The number of hydrogen-bond acceptors (Lipinski definition) is 14. The van der Waals surface area contributed by atoms with E-state index in [2.05, 4.69) is 54.8 Å². The first-order valence-corrected chi connectivity index (χ1v) is 21.8. The minimum atomic E-state index is -1.70. The van der Waals surface area contributed by atoms with Gasteiger partial charge in [-0.1, -0.05) is 32.0 Å². The van der Waals surface area contributed by atoms with Crippen molar-refractivity contribution in [2.24, 2.45) is 11.7 Å². The Bertz CT molecular complexity index is 2170. The molecule has 1 aliphatic rings. The third-order valence-electron chi connectivity index (χ3n) is 10.6. The van der Waals surface area contributed by atoms with Crippen LogP contribution < -0.4 is 43.0 Å². The van der Waals surface area contributed by atoms with E-state index < -0.39 is 152 Å². The van der Waals surface area contributed by atoms with Gasteiger partial charge in [0.2, 0.25) is 47.3 Å². The van der Waals surface area contributed by atoms with Crippen molar-refractivity contribution in [3.05, 3.63) is 36.0 Å². The number of carboxylic acid groups (broad SMARTS) is 3. The third kappa shape index (κ3) is 16.2. The van der Waals surface area contributed by atoms with E-state index in [9.17, 15) is 63.0 Å². The Morgan fingerprint density at radius 3 is 2.00 bits per heavy atom. The highest BCUT2D eigenvalue weighted by molar-refractivity contribution is 7.80. The summed E-state index contributed by atoms with van der Waals surface area (Å²) in [6, 6.07) is -4.34. The molecular formula is C41H58N10O15S. The summed E-state index contributed by atoms with van der Waals surface area (Å²) in [5.74, 6) is -12.3. The molecule has 1 aliphatic heterocycles. The van der Waals surface area contributed by atoms with Gasteiger partial charge in [-0.05, 0) is 43.7 Å². The number of carboxylic acids is 3. The SMILES string of the molecule is CC(C)[C@H](NC(=O)[C@@H]1CCCN1C(=O)[C@H](CO)NC(=O)[C@H](CC(=O)O)NC(=O)[C@@H](N)CS)C(=O)N[C@@H](Cc1c[nH]c2ccccc12)C(=O)N[C@@H](C)C(=O)N[C@@H](CCC(=O)O)C(=O)NCC(=O)O. The number of nitrogens with zero attached hydrogens (tertiary/aromatic N) is 1. The number of aliphatic carboxylic acids is 3. The second kappa shape index (κ2) is 25.8. The van der Waals surface area contributed by atoms with Gasteiger partial charge in [-0.3, -0.25) is 52.7 Å². The van der Waals surface area contributed by atoms with E-state index >= 15 is 0 Å². The zero-order valence-electron chi connectivity index (χ0n) is 36.9. The summed E-state index contributed by atoms with van der Waals surface area (Å²) in [6.45, 7) is 2.65. The van der Waals surface area contributed by atoms with Crippen LogP contribution in [0.5, 0.6) is 0 Å². The number of carbonyl (C=O) groups is 11. The molecule has 0 spiro atoms. The van der Waals surface area contributed by atoms with Crippen LogP contribution in [0.25, 0.3) is 10.9 Å². The van der Waals surface area contributed by atoms with Crippen molar-refractivity contribution in [2.45, 2.75) is 108 Å². The average Bonchev–Trinajstić information content (AvgIpc) is 3.94. The highest BCUT2D eigenvalue weighted by Crippen LogP contribution is 2.21. The summed E-state index contributed by atoms with van der Waals surface area (Å²) in [6.07, 6.45) is -0.0223. The zero-order valence-corrected chi connectivity index (χ0v) is 37.8. The van der Waals surface area contributed by atoms with E-state index in [-0.39, 0.29) is 25.1 Å². The lowest BCUT2D eigenvalue weighted by Gasteiger charge is -2.31. The number of amides is 8. The van der Waals surface area contributed by atoms with Gasteiger partial charge in [0, 0.05) is 42.2 Å². The van der Waals surface area contributed by atoms with Crippen molar-refractivity contribution in [2.75, 3.05) is 25.4 Å². The third-order valence-corrected chi connectivity index (χ3v) is 11.0. The number of carbonyl (C=O) groups excluding carboxylic acids is 8. The van der Waals surface area contributed by atoms with Crippen LogP contribution in [0.3, 0.4) is 0 Å². The molecule has 25 nitrogen and oxygen atoms in total. The highest BCUT2D eigenvalue weighted by Gasteiger charge is 2.41. The first-order chi connectivity index (χ1) is 31.6. The maximum atomic E-state index is 14.1. The van der Waals surface area contributed by atoms with Crippen molar-refractivity contribution in [3.63, 3.8) is 0 Å². The van der Waals surface area contributed by atoms with Crippen LogP contribution in [0.15, 0.2) is 30.5 Å². The lowest BCUT2D eigenvalue weighted by Crippen LogP contribution is -2.61. The minimum Gasteiger partial charge on any atom is -0.481 e. The van der Waals surface area contributed by atoms with E-state index in [1.165, 1.54) is 6.92 Å². The Hall–Kier alpha value is -6.80. The molecule has 368 valence electrons. The van der Waals surface area contributed by atoms with Crippen LogP contribution >= 0.6 is 12.6 Å². The lowest BCUT2D eigenvalue weighted by molar-refractivity contribution is -0.144. The van der Waals surface area contributed by atoms with Crippen molar-refractivity contribution in [3.8, 4) is 0 Å². The molecular weight excluding hydrogens is 905 g/mol. The Balaban J connectivity index is 1.81. The maximum Gasteiger partial charge on any atom is 0.322 e. The number of aromatic nitrogens is 1. The molecule has 0 radical (unpaired) electrons. The molecule has 8 amide bonds. The minimum absolute atomic E-state index is 0.0140. The number of nitrogens with two attached hydrogens (primary N) is 1. The van der Waals surface area contributed by atoms with Crippen molar-refractivity contribution in [1.29, 1.82) is 0 Å². The van der Waals surface area contributed by atoms with Crippen LogP contribution in [0, 0.1) is 5.92 Å². The molecule has 0 unspecified atom stereocenters. The molecule has 3 rings (SSSR count). The fourth-order valence-corrected chi connectivity index (χ4v) is 7.15. The molecule has 1 fully saturated rings. The normalized spacial score (nSPS) is 16.5. The molecule has 14 N–H and O–H groups in total. The Kier molecular flexibility index (Phi) is 21.0. The molecule has 8 atom stereocenters. The van der Waals surface area contributed by atoms with Crippen molar-refractivity contribution in [1.82, 2.24) is 47.1 Å². The summed E-state index contributed by atoms with van der Waals surface area (Å²) in [5, 5.41) is 54.8. The number of aliphatic hydroxyl groups excluding tert-OH is 1. The molecule has 2 aromatic rings. The number of H-pyrrole nitrogens is 1. The predicted octanol–water partition coefficient (Wildman–Crippen LogP) is -3.92. The standard InChI is InChI=1S/C41H58N10O15S/c1-19(2)33(50-39(64)29-9-6-12-51(29)41(66)28(17-52)49-38(63)27(14-31(55)56)47-35(60)23(42)18-67)40(65)48-26(13-21-15-43-24-8-5-4-7-22(21)24)37(62)45-20(3)34(59)46-25(10-11-30(53)54)36(61)44-16-32(57)58/h4-5,7-8,15,19-20,23,25-29,33,43,52,67H,6,9-14,16-18,42H2,1-3H3,(H,44,61)(H,45,62)(H,46,59)(H,47,60)(H,48,65)(H,49,63)(H,50,64)(H,53,54)(H,55,56)(H,57,58)/t20-,23-,25-,26-,27-,28-,29-,33-/m0/s1. The van der Waals surface area contributed by atoms with Crippen LogP contribution in [0.4, 0.5) is 0 Å². The highest BCUT2D eigenvalue weighted by atomic mass is 32.1. The number of aromatic amines is 1. The van der Waals surface area contributed by atoms with Gasteiger partial charge in [-0.25, -0.2) is 0 Å². The number of para-hydroxylation sites is 1. The van der Waals surface area contributed by atoms with E-state index in [1.54, 1.807) is 44.3 Å². The number of fused-ring (bicyclic) bond motifs is 1. The average molecular weight is 963 g/mol. The molecule has 1 saturated heterocycles. The van der Waals surface area contributed by atoms with E-state index in [1.807, 2.05) is 0 Å². The van der Waals surface area contributed by atoms with Gasteiger partial charge in [-0.15, -0.1) is 0 Å². The summed E-state index contributed by atoms with van der Waals surface area (Å²) < 4.78 is 0. The zero-order chi connectivity index (χ0) is 50.1. The van der Waals surface area contributed by atoms with Crippen LogP contribution in [0.2, 0.25) is 0 Å². The first kappa shape index (κ1) is 54.5. The monoisotopic (exact) mass is 962 g/mol. The van der Waals surface area contributed by atoms with Crippen LogP contribution in [-0.4, -0.2) is 169 Å². The Morgan fingerprint density at radius 2 is 1.39 bits per heavy atom. The fourth-order valence-electron chi connectivity index (χ4n) is 6.98. The van der Waals surface area contributed by atoms with E-state index in [4.69, 9.17) is 15.9 Å². The number of rotatable bonds is 26. The summed E-state index contributed by atoms with van der Waals surface area (Å²) >= 11 is 3.91. The van der Waals surface area contributed by atoms with Crippen LogP contribution in [-0.2, 0) is 59.2 Å². The van der Waals surface area contributed by atoms with E-state index in [0.29, 0.717) is 22.9 Å². The van der Waals surface area contributed by atoms with E-state index in [0.717, 1.165) is 4.90 Å². The molecule has 0 bridgehead atoms. The van der Waals surface area contributed by atoms with Gasteiger partial charge in [0.25, 0.3) is 0 Å². The molecule has 2 heterocycles. The second-order valence-corrected chi connectivity index (χ2v) is 16.4. The smallest absolute Gasteiger partial charge is 0.322 e. The molecule has 1 aromatic heterocycles. The summed E-state index contributed by atoms with van der Waals surface area (Å²) in [7, 11) is 0. The van der Waals surface area contributed by atoms with Gasteiger partial charge in [0.15, 0.2) is 0 Å². The number of hydrogen-bond donors (Lipinski definition) is 14. The second-order valence-electron chi connectivity index (χ2n) is 16.1. The largest absolute Gasteiger partial charge is 0.481 e. The number of likely N-dealkylation sites (tertiary alicyclic amines) is 1. The first-order valence-electron chi connectivity index (χ1n) is 21.2. The van der Waals surface area contributed by atoms with Crippen LogP contribution in [0.1, 0.15) is 58.4 Å².